The largest absolute Gasteiger partial charge is 0.339 e. The van der Waals surface area contributed by atoms with Crippen LogP contribution in [0.2, 0.25) is 0 Å². The third kappa shape index (κ3) is 4.86. The molecule has 0 spiro atoms. The van der Waals surface area contributed by atoms with Gasteiger partial charge in [0.15, 0.2) is 0 Å². The molecule has 1 aliphatic heterocycles. The summed E-state index contributed by atoms with van der Waals surface area (Å²) in [6, 6.07) is 0.0871. The molecule has 2 amide bonds. The molecule has 4 heteroatoms. The third-order valence-corrected chi connectivity index (χ3v) is 4.07. The molecule has 0 N–H and O–H groups in total. The quantitative estimate of drug-likeness (QED) is 0.485. The molecule has 0 aromatic rings. The normalized spacial score (nSPS) is 15.5. The van der Waals surface area contributed by atoms with E-state index < -0.39 is 0 Å². The van der Waals surface area contributed by atoms with E-state index in [0.29, 0.717) is 18.9 Å². The van der Waals surface area contributed by atoms with Crippen LogP contribution in [0.4, 0.5) is 0 Å². The van der Waals surface area contributed by atoms with E-state index in [-0.39, 0.29) is 17.9 Å². The van der Waals surface area contributed by atoms with E-state index in [1.165, 1.54) is 0 Å². The number of amides is 2. The number of hydrogen-bond donors (Lipinski definition) is 0. The molecule has 0 saturated carbocycles. The summed E-state index contributed by atoms with van der Waals surface area (Å²) in [5, 5.41) is 0. The minimum atomic E-state index is 0.00608. The van der Waals surface area contributed by atoms with E-state index in [9.17, 15) is 9.59 Å². The van der Waals surface area contributed by atoms with Gasteiger partial charge in [-0.3, -0.25) is 9.59 Å². The Labute approximate surface area is 134 Å². The lowest BCUT2D eigenvalue weighted by Crippen LogP contribution is -2.38. The molecule has 0 aliphatic carbocycles. The monoisotopic (exact) mass is 304 g/mol. The number of likely N-dealkylation sites (N-methyl/N-ethyl adjacent to an activating group) is 1. The lowest BCUT2D eigenvalue weighted by Gasteiger charge is -2.28. The van der Waals surface area contributed by atoms with Crippen molar-refractivity contribution in [1.29, 1.82) is 0 Å². The molecule has 1 aliphatic rings. The summed E-state index contributed by atoms with van der Waals surface area (Å²) < 4.78 is 0. The van der Waals surface area contributed by atoms with Gasteiger partial charge in [-0.05, 0) is 24.8 Å². The number of carbonyl (C=O) groups excluding carboxylic acids is 2. The van der Waals surface area contributed by atoms with Crippen molar-refractivity contribution in [3.63, 3.8) is 0 Å². The van der Waals surface area contributed by atoms with Crippen molar-refractivity contribution in [2.75, 3.05) is 13.6 Å². The standard InChI is InChI=1S/C18H28N2O2/c1-6-16(14(2)3)19(5)17(21)10-8-7-9-13-20-15(4)11-12-18(20)22/h6,11-12,14,16H,1,4,7-10,13H2,2-3,5H3. The third-order valence-electron chi connectivity index (χ3n) is 4.07. The van der Waals surface area contributed by atoms with E-state index in [2.05, 4.69) is 27.0 Å². The summed E-state index contributed by atoms with van der Waals surface area (Å²) in [5.74, 6) is 0.527. The van der Waals surface area contributed by atoms with E-state index >= 15 is 0 Å². The second-order valence-electron chi connectivity index (χ2n) is 6.10. The van der Waals surface area contributed by atoms with Crippen molar-refractivity contribution >= 4 is 11.8 Å². The number of allylic oxidation sites excluding steroid dienone is 1. The molecular formula is C18H28N2O2. The number of nitrogens with zero attached hydrogens (tertiary/aromatic N) is 2. The average molecular weight is 304 g/mol. The maximum atomic E-state index is 12.2. The van der Waals surface area contributed by atoms with E-state index in [4.69, 9.17) is 0 Å². The van der Waals surface area contributed by atoms with Crippen LogP contribution < -0.4 is 0 Å². The van der Waals surface area contributed by atoms with Gasteiger partial charge in [0, 0.05) is 31.8 Å². The molecule has 0 fully saturated rings. The van der Waals surface area contributed by atoms with Crippen LogP contribution in [0.3, 0.4) is 0 Å². The first kappa shape index (κ1) is 18.2. The molecule has 0 aromatic carbocycles. The fourth-order valence-electron chi connectivity index (χ4n) is 2.69. The zero-order chi connectivity index (χ0) is 16.7. The highest BCUT2D eigenvalue weighted by Gasteiger charge is 2.20. The van der Waals surface area contributed by atoms with Crippen molar-refractivity contribution in [2.24, 2.45) is 5.92 Å². The van der Waals surface area contributed by atoms with Gasteiger partial charge in [0.1, 0.15) is 0 Å². The second-order valence-corrected chi connectivity index (χ2v) is 6.10. The summed E-state index contributed by atoms with van der Waals surface area (Å²) in [4.78, 5) is 27.2. The van der Waals surface area contributed by atoms with Crippen LogP contribution in [-0.2, 0) is 9.59 Å². The summed E-state index contributed by atoms with van der Waals surface area (Å²) in [6.45, 7) is 12.5. The SMILES string of the molecule is C=CC(C(C)C)N(C)C(=O)CCCCCN1C(=C)C=CC1=O. The van der Waals surface area contributed by atoms with Gasteiger partial charge in [0.25, 0.3) is 5.91 Å². The molecule has 22 heavy (non-hydrogen) atoms. The van der Waals surface area contributed by atoms with Crippen molar-refractivity contribution in [2.45, 2.75) is 45.6 Å². The van der Waals surface area contributed by atoms with Crippen LogP contribution in [0.25, 0.3) is 0 Å². The molecule has 0 aromatic heterocycles. The highest BCUT2D eigenvalue weighted by Crippen LogP contribution is 2.15. The molecule has 0 saturated heterocycles. The number of unbranched alkanes of at least 4 members (excludes halogenated alkanes) is 2. The van der Waals surface area contributed by atoms with Crippen molar-refractivity contribution in [1.82, 2.24) is 9.80 Å². The predicted molar refractivity (Wildman–Crippen MR) is 90.1 cm³/mol. The van der Waals surface area contributed by atoms with Crippen LogP contribution in [0.5, 0.6) is 0 Å². The summed E-state index contributed by atoms with van der Waals surface area (Å²) >= 11 is 0. The highest BCUT2D eigenvalue weighted by atomic mass is 16.2. The van der Waals surface area contributed by atoms with Crippen LogP contribution in [0.1, 0.15) is 39.5 Å². The molecular weight excluding hydrogens is 276 g/mol. The Bertz CT molecular complexity index is 448. The number of rotatable bonds is 9. The Morgan fingerprint density at radius 3 is 2.50 bits per heavy atom. The minimum absolute atomic E-state index is 0.00608. The van der Waals surface area contributed by atoms with Gasteiger partial charge in [-0.1, -0.05) is 32.9 Å². The maximum absolute atomic E-state index is 12.2. The van der Waals surface area contributed by atoms with Gasteiger partial charge in [0.2, 0.25) is 5.91 Å². The Balaban J connectivity index is 2.24. The fourth-order valence-corrected chi connectivity index (χ4v) is 2.69. The maximum Gasteiger partial charge on any atom is 0.251 e. The molecule has 0 radical (unpaired) electrons. The van der Waals surface area contributed by atoms with E-state index in [0.717, 1.165) is 25.0 Å². The molecule has 1 atom stereocenters. The van der Waals surface area contributed by atoms with Crippen molar-refractivity contribution < 1.29 is 9.59 Å². The lowest BCUT2D eigenvalue weighted by molar-refractivity contribution is -0.132. The first-order valence-electron chi connectivity index (χ1n) is 7.95. The van der Waals surface area contributed by atoms with Gasteiger partial charge < -0.3 is 9.80 Å². The first-order chi connectivity index (χ1) is 10.4. The minimum Gasteiger partial charge on any atom is -0.339 e. The Morgan fingerprint density at radius 1 is 1.32 bits per heavy atom. The summed E-state index contributed by atoms with van der Waals surface area (Å²) in [5.41, 5.74) is 0.756. The Kier molecular flexibility index (Phi) is 7.09. The Hall–Kier alpha value is -1.84. The summed E-state index contributed by atoms with van der Waals surface area (Å²) in [7, 11) is 1.84. The molecule has 0 bridgehead atoms. The van der Waals surface area contributed by atoms with Crippen LogP contribution in [0, 0.1) is 5.92 Å². The molecule has 1 unspecified atom stereocenters. The average Bonchev–Trinajstić information content (AvgIpc) is 2.78. The second kappa shape index (κ2) is 8.57. The number of hydrogen-bond acceptors (Lipinski definition) is 2. The van der Waals surface area contributed by atoms with Gasteiger partial charge >= 0.3 is 0 Å². The molecule has 4 nitrogen and oxygen atoms in total. The van der Waals surface area contributed by atoms with Crippen molar-refractivity contribution in [3.8, 4) is 0 Å². The smallest absolute Gasteiger partial charge is 0.251 e. The van der Waals surface area contributed by atoms with Crippen LogP contribution in [0.15, 0.2) is 37.1 Å². The fraction of sp³-hybridized carbons (Fsp3) is 0.556. The zero-order valence-corrected chi connectivity index (χ0v) is 14.0. The van der Waals surface area contributed by atoms with E-state index in [1.807, 2.05) is 13.1 Å². The Morgan fingerprint density at radius 2 is 2.00 bits per heavy atom. The first-order valence-corrected chi connectivity index (χ1v) is 7.95. The van der Waals surface area contributed by atoms with Gasteiger partial charge in [-0.15, -0.1) is 6.58 Å². The van der Waals surface area contributed by atoms with Crippen molar-refractivity contribution in [3.05, 3.63) is 37.1 Å². The van der Waals surface area contributed by atoms with Gasteiger partial charge in [-0.25, -0.2) is 0 Å². The molecule has 1 rings (SSSR count). The van der Waals surface area contributed by atoms with Crippen LogP contribution >= 0.6 is 0 Å². The number of carbonyl (C=O) groups is 2. The lowest BCUT2D eigenvalue weighted by atomic mass is 10.0. The van der Waals surface area contributed by atoms with Crippen LogP contribution in [-0.4, -0.2) is 41.2 Å². The summed E-state index contributed by atoms with van der Waals surface area (Å²) in [6.07, 6.45) is 8.31. The highest BCUT2D eigenvalue weighted by molar-refractivity contribution is 5.92. The predicted octanol–water partition coefficient (Wildman–Crippen LogP) is 3.13. The molecule has 1 heterocycles. The zero-order valence-electron chi connectivity index (χ0n) is 14.0. The van der Waals surface area contributed by atoms with Gasteiger partial charge in [0.05, 0.1) is 6.04 Å². The molecule has 122 valence electrons. The van der Waals surface area contributed by atoms with Gasteiger partial charge in [-0.2, -0.15) is 0 Å². The van der Waals surface area contributed by atoms with E-state index in [1.54, 1.807) is 22.0 Å². The topological polar surface area (TPSA) is 40.6 Å².